The summed E-state index contributed by atoms with van der Waals surface area (Å²) >= 11 is 0. The molecule has 158 valence electrons. The molecule has 4 N–H and O–H groups in total. The summed E-state index contributed by atoms with van der Waals surface area (Å²) in [6.07, 6.45) is 0.872. The van der Waals surface area contributed by atoms with Crippen molar-refractivity contribution in [1.29, 1.82) is 0 Å². The molecule has 2 aromatic heterocycles. The van der Waals surface area contributed by atoms with Gasteiger partial charge in [0.1, 0.15) is 5.56 Å². The standard InChI is InChI=1S/C24H24N4O3/c1-13-8-9-18(14(2)12-13)28-23(30)19(22(29)26-24(28)31)21-20-16(10-11-27(21)3)15-6-4-5-7-17(15)25-20/h4-9,12,21,25,30H,10-11H2,1-3H3,(H,26,29,31)/p+1/t21-/m0/s1. The Labute approximate surface area is 178 Å². The molecule has 5 rings (SSSR count). The van der Waals surface area contributed by atoms with Gasteiger partial charge in [-0.15, -0.1) is 0 Å². The second kappa shape index (κ2) is 6.99. The molecule has 0 bridgehead atoms. The van der Waals surface area contributed by atoms with Crippen LogP contribution in [0.3, 0.4) is 0 Å². The molecule has 0 aliphatic carbocycles. The number of H-pyrrole nitrogens is 2. The first-order valence-corrected chi connectivity index (χ1v) is 10.4. The molecule has 0 radical (unpaired) electrons. The van der Waals surface area contributed by atoms with Gasteiger partial charge in [-0.25, -0.2) is 9.36 Å². The summed E-state index contributed by atoms with van der Waals surface area (Å²) in [4.78, 5) is 32.7. The van der Waals surface area contributed by atoms with E-state index in [4.69, 9.17) is 0 Å². The van der Waals surface area contributed by atoms with E-state index in [1.54, 1.807) is 6.07 Å². The number of benzene rings is 2. The Morgan fingerprint density at radius 1 is 1.10 bits per heavy atom. The van der Waals surface area contributed by atoms with Crippen molar-refractivity contribution in [2.75, 3.05) is 13.6 Å². The van der Waals surface area contributed by atoms with Crippen molar-refractivity contribution >= 4 is 10.9 Å². The first-order chi connectivity index (χ1) is 14.9. The number of para-hydroxylation sites is 1. The van der Waals surface area contributed by atoms with Crippen LogP contribution in [0.25, 0.3) is 16.6 Å². The fraction of sp³-hybridized carbons (Fsp3) is 0.250. The highest BCUT2D eigenvalue weighted by Crippen LogP contribution is 2.33. The molecule has 0 spiro atoms. The molecule has 2 atom stereocenters. The van der Waals surface area contributed by atoms with Gasteiger partial charge in [-0.1, -0.05) is 35.9 Å². The molecule has 1 aliphatic rings. The maximum atomic E-state index is 13.0. The number of hydrogen-bond acceptors (Lipinski definition) is 3. The number of aryl methyl sites for hydroxylation is 2. The molecule has 31 heavy (non-hydrogen) atoms. The fourth-order valence-electron chi connectivity index (χ4n) is 4.92. The van der Waals surface area contributed by atoms with Crippen LogP contribution in [0, 0.1) is 13.8 Å². The van der Waals surface area contributed by atoms with E-state index in [1.807, 2.05) is 51.2 Å². The second-order valence-electron chi connectivity index (χ2n) is 8.46. The Morgan fingerprint density at radius 3 is 2.65 bits per heavy atom. The van der Waals surface area contributed by atoms with Crippen LogP contribution in [0.2, 0.25) is 0 Å². The van der Waals surface area contributed by atoms with Gasteiger partial charge >= 0.3 is 5.69 Å². The van der Waals surface area contributed by atoms with E-state index in [0.717, 1.165) is 51.2 Å². The molecule has 0 amide bonds. The highest BCUT2D eigenvalue weighted by molar-refractivity contribution is 5.85. The lowest BCUT2D eigenvalue weighted by Crippen LogP contribution is -3.10. The lowest BCUT2D eigenvalue weighted by molar-refractivity contribution is -0.908. The van der Waals surface area contributed by atoms with E-state index in [-0.39, 0.29) is 11.4 Å². The first-order valence-electron chi connectivity index (χ1n) is 10.4. The van der Waals surface area contributed by atoms with Gasteiger partial charge in [-0.3, -0.25) is 9.78 Å². The molecule has 2 aromatic carbocycles. The van der Waals surface area contributed by atoms with Gasteiger partial charge in [-0.05, 0) is 37.1 Å². The van der Waals surface area contributed by atoms with Gasteiger partial charge in [0, 0.05) is 17.3 Å². The lowest BCUT2D eigenvalue weighted by Gasteiger charge is -2.30. The quantitative estimate of drug-likeness (QED) is 0.398. The summed E-state index contributed by atoms with van der Waals surface area (Å²) in [5.74, 6) is -0.309. The monoisotopic (exact) mass is 417 g/mol. The zero-order chi connectivity index (χ0) is 21.9. The average molecular weight is 417 g/mol. The minimum absolute atomic E-state index is 0.199. The number of aromatic amines is 2. The molecule has 1 aliphatic heterocycles. The third-order valence-electron chi connectivity index (χ3n) is 6.40. The van der Waals surface area contributed by atoms with Gasteiger partial charge in [-0.2, -0.15) is 0 Å². The molecule has 0 saturated heterocycles. The highest BCUT2D eigenvalue weighted by atomic mass is 16.3. The van der Waals surface area contributed by atoms with Crippen LogP contribution in [-0.2, 0) is 6.42 Å². The van der Waals surface area contributed by atoms with Crippen LogP contribution in [-0.4, -0.2) is 33.2 Å². The molecule has 0 saturated carbocycles. The number of likely N-dealkylation sites (N-methyl/N-ethyl adjacent to an activating group) is 1. The Balaban J connectivity index is 1.79. The van der Waals surface area contributed by atoms with E-state index in [1.165, 1.54) is 4.57 Å². The first kappa shape index (κ1) is 19.4. The van der Waals surface area contributed by atoms with Crippen molar-refractivity contribution in [1.82, 2.24) is 14.5 Å². The van der Waals surface area contributed by atoms with Gasteiger partial charge in [0.15, 0.2) is 6.04 Å². The smallest absolute Gasteiger partial charge is 0.335 e. The average Bonchev–Trinajstić information content (AvgIpc) is 3.09. The lowest BCUT2D eigenvalue weighted by atomic mass is 9.93. The number of aromatic hydroxyl groups is 1. The Morgan fingerprint density at radius 2 is 1.87 bits per heavy atom. The number of hydrogen-bond donors (Lipinski definition) is 4. The Kier molecular flexibility index (Phi) is 4.37. The van der Waals surface area contributed by atoms with Crippen molar-refractivity contribution in [3.8, 4) is 11.6 Å². The van der Waals surface area contributed by atoms with Gasteiger partial charge < -0.3 is 15.0 Å². The van der Waals surface area contributed by atoms with Crippen molar-refractivity contribution in [2.24, 2.45) is 0 Å². The minimum Gasteiger partial charge on any atom is -0.494 e. The molecular weight excluding hydrogens is 392 g/mol. The van der Waals surface area contributed by atoms with Crippen molar-refractivity contribution in [3.63, 3.8) is 0 Å². The van der Waals surface area contributed by atoms with E-state index >= 15 is 0 Å². The maximum Gasteiger partial charge on any atom is 0.335 e. The predicted octanol–water partition coefficient (Wildman–Crippen LogP) is 1.49. The molecule has 7 heteroatoms. The molecule has 1 unspecified atom stereocenters. The summed E-state index contributed by atoms with van der Waals surface area (Å²) in [5, 5.41) is 12.4. The van der Waals surface area contributed by atoms with Gasteiger partial charge in [0.05, 0.1) is 25.0 Å². The molecule has 0 fully saturated rings. The summed E-state index contributed by atoms with van der Waals surface area (Å²) in [6, 6.07) is 13.3. The maximum absolute atomic E-state index is 13.0. The second-order valence-corrected chi connectivity index (χ2v) is 8.46. The van der Waals surface area contributed by atoms with E-state index < -0.39 is 17.3 Å². The van der Waals surface area contributed by atoms with Crippen LogP contribution >= 0.6 is 0 Å². The summed E-state index contributed by atoms with van der Waals surface area (Å²) < 4.78 is 1.20. The van der Waals surface area contributed by atoms with Crippen LogP contribution in [0.1, 0.15) is 34.0 Å². The minimum atomic E-state index is -0.650. The largest absolute Gasteiger partial charge is 0.494 e. The SMILES string of the molecule is Cc1ccc(-n2c(O)c([C@H]3c4[nH]c5ccccc5c4CC[NH+]3C)c(=O)[nH]c2=O)c(C)c1. The Bertz CT molecular complexity index is 1440. The zero-order valence-corrected chi connectivity index (χ0v) is 17.7. The third-order valence-corrected chi connectivity index (χ3v) is 6.40. The number of aromatic nitrogens is 3. The number of fused-ring (bicyclic) bond motifs is 3. The van der Waals surface area contributed by atoms with Gasteiger partial charge in [0.2, 0.25) is 5.88 Å². The Hall–Kier alpha value is -3.58. The number of nitrogens with one attached hydrogen (secondary N) is 3. The van der Waals surface area contributed by atoms with Crippen LogP contribution in [0.15, 0.2) is 52.1 Å². The molecular formula is C24H25N4O3+. The number of quaternary nitrogens is 1. The van der Waals surface area contributed by atoms with E-state index in [0.29, 0.717) is 5.69 Å². The predicted molar refractivity (Wildman–Crippen MR) is 119 cm³/mol. The summed E-state index contributed by atoms with van der Waals surface area (Å²) in [5.41, 5.74) is 4.52. The van der Waals surface area contributed by atoms with E-state index in [9.17, 15) is 14.7 Å². The highest BCUT2D eigenvalue weighted by Gasteiger charge is 2.38. The number of rotatable bonds is 2. The van der Waals surface area contributed by atoms with Crippen LogP contribution in [0.5, 0.6) is 5.88 Å². The van der Waals surface area contributed by atoms with Crippen LogP contribution < -0.4 is 16.1 Å². The van der Waals surface area contributed by atoms with E-state index in [2.05, 4.69) is 16.0 Å². The van der Waals surface area contributed by atoms with Crippen molar-refractivity contribution in [3.05, 3.63) is 91.3 Å². The normalized spacial score (nSPS) is 18.3. The topological polar surface area (TPSA) is 95.3 Å². The summed E-state index contributed by atoms with van der Waals surface area (Å²) in [6.45, 7) is 4.66. The fourth-order valence-corrected chi connectivity index (χ4v) is 4.92. The molecule has 4 aromatic rings. The van der Waals surface area contributed by atoms with Crippen LogP contribution in [0.4, 0.5) is 0 Å². The number of nitrogens with zero attached hydrogens (tertiary/aromatic N) is 1. The zero-order valence-electron chi connectivity index (χ0n) is 17.7. The van der Waals surface area contributed by atoms with Crippen molar-refractivity contribution < 1.29 is 10.0 Å². The molecule has 7 nitrogen and oxygen atoms in total. The summed E-state index contributed by atoms with van der Waals surface area (Å²) in [7, 11) is 2.00. The molecule has 3 heterocycles. The third kappa shape index (κ3) is 2.92. The van der Waals surface area contributed by atoms with Crippen molar-refractivity contribution in [2.45, 2.75) is 26.3 Å². The van der Waals surface area contributed by atoms with Gasteiger partial charge in [0.25, 0.3) is 5.56 Å².